The summed E-state index contributed by atoms with van der Waals surface area (Å²) < 4.78 is 26.4. The van der Waals surface area contributed by atoms with E-state index in [9.17, 15) is 18.0 Å². The Bertz CT molecular complexity index is 654. The van der Waals surface area contributed by atoms with Crippen molar-refractivity contribution in [1.29, 1.82) is 0 Å². The van der Waals surface area contributed by atoms with E-state index in [2.05, 4.69) is 15.5 Å². The van der Waals surface area contributed by atoms with E-state index in [1.165, 1.54) is 29.3 Å². The van der Waals surface area contributed by atoms with Crippen LogP contribution in [0.2, 0.25) is 0 Å². The van der Waals surface area contributed by atoms with Crippen molar-refractivity contribution >= 4 is 21.8 Å². The third-order valence-corrected chi connectivity index (χ3v) is 4.25. The summed E-state index contributed by atoms with van der Waals surface area (Å²) in [7, 11) is -0.279. The number of nitrogens with zero attached hydrogens (tertiary/aromatic N) is 1. The normalized spacial score (nSPS) is 11.6. The van der Waals surface area contributed by atoms with Crippen LogP contribution in [-0.4, -0.2) is 51.9 Å². The second-order valence-electron chi connectivity index (χ2n) is 5.41. The Morgan fingerprint density at radius 3 is 2.17 bits per heavy atom. The lowest BCUT2D eigenvalue weighted by molar-refractivity contribution is -0.123. The van der Waals surface area contributed by atoms with Crippen LogP contribution in [0, 0.1) is 0 Å². The largest absolute Gasteiger partial charge is 0.343 e. The zero-order chi connectivity index (χ0) is 17.6. The zero-order valence-electron chi connectivity index (χ0n) is 13.6. The molecule has 9 heteroatoms. The van der Waals surface area contributed by atoms with Crippen LogP contribution in [0.5, 0.6) is 0 Å². The fourth-order valence-corrected chi connectivity index (χ4v) is 2.97. The van der Waals surface area contributed by atoms with Crippen molar-refractivity contribution in [2.75, 3.05) is 20.6 Å². The first kappa shape index (κ1) is 19.1. The molecule has 3 N–H and O–H groups in total. The minimum atomic E-state index is -3.59. The van der Waals surface area contributed by atoms with Crippen molar-refractivity contribution in [2.45, 2.75) is 24.8 Å². The van der Waals surface area contributed by atoms with Gasteiger partial charge < -0.3 is 5.32 Å². The molecule has 128 valence electrons. The molecule has 0 aliphatic rings. The number of nitrogens with one attached hydrogen (secondary N) is 3. The first-order valence-electron chi connectivity index (χ1n) is 6.99. The van der Waals surface area contributed by atoms with Crippen LogP contribution in [-0.2, 0) is 14.8 Å². The molecule has 0 fully saturated rings. The van der Waals surface area contributed by atoms with Gasteiger partial charge in [-0.1, -0.05) is 0 Å². The molecule has 2 amide bonds. The Balaban J connectivity index is 2.69. The Hall–Kier alpha value is -1.97. The van der Waals surface area contributed by atoms with Crippen molar-refractivity contribution in [3.05, 3.63) is 29.8 Å². The average Bonchev–Trinajstić information content (AvgIpc) is 2.43. The molecule has 0 heterocycles. The molecule has 0 radical (unpaired) electrons. The number of rotatable bonds is 7. The monoisotopic (exact) mass is 342 g/mol. The molecule has 0 saturated heterocycles. The summed E-state index contributed by atoms with van der Waals surface area (Å²) >= 11 is 0. The number of hydrogen-bond acceptors (Lipinski definition) is 5. The van der Waals surface area contributed by atoms with E-state index in [0.717, 1.165) is 0 Å². The second-order valence-corrected chi connectivity index (χ2v) is 7.13. The fraction of sp³-hybridized carbons (Fsp3) is 0.429. The molecule has 0 spiro atoms. The van der Waals surface area contributed by atoms with Gasteiger partial charge in [0.25, 0.3) is 11.8 Å². The Labute approximate surface area is 136 Å². The Morgan fingerprint density at radius 2 is 1.70 bits per heavy atom. The van der Waals surface area contributed by atoms with Gasteiger partial charge >= 0.3 is 0 Å². The van der Waals surface area contributed by atoms with Crippen LogP contribution in [0.3, 0.4) is 0 Å². The van der Waals surface area contributed by atoms with Gasteiger partial charge in [0, 0.05) is 25.7 Å². The van der Waals surface area contributed by atoms with Gasteiger partial charge in [-0.15, -0.1) is 0 Å². The van der Waals surface area contributed by atoms with Crippen LogP contribution in [0.25, 0.3) is 0 Å². The lowest BCUT2D eigenvalue weighted by atomic mass is 10.2. The molecule has 0 aliphatic carbocycles. The summed E-state index contributed by atoms with van der Waals surface area (Å²) in [6, 6.07) is 5.26. The summed E-state index contributed by atoms with van der Waals surface area (Å²) in [5.41, 5.74) is 2.76. The second kappa shape index (κ2) is 8.04. The van der Waals surface area contributed by atoms with Crippen molar-refractivity contribution in [1.82, 2.24) is 20.5 Å². The van der Waals surface area contributed by atoms with Gasteiger partial charge in [0.05, 0.1) is 11.4 Å². The molecule has 0 bridgehead atoms. The van der Waals surface area contributed by atoms with Gasteiger partial charge in [-0.05, 0) is 38.1 Å². The molecular formula is C14H22N4O4S. The molecular weight excluding hydrogens is 320 g/mol. The highest BCUT2D eigenvalue weighted by molar-refractivity contribution is 7.89. The number of benzene rings is 1. The van der Waals surface area contributed by atoms with Gasteiger partial charge in [0.1, 0.15) is 0 Å². The number of hydrazine groups is 1. The number of carbonyl (C=O) groups excluding carboxylic acids is 2. The molecule has 0 saturated carbocycles. The standard InChI is InChI=1S/C14H22N4O4S/c1-10(2)17-23(21,22)12-7-5-11(6-8-12)14(20)15-9-13(19)16-18(3)4/h5-8,10,17H,9H2,1-4H3,(H,15,20)(H,16,19). The lowest BCUT2D eigenvalue weighted by Crippen LogP contribution is -2.43. The molecule has 1 aromatic rings. The molecule has 23 heavy (non-hydrogen) atoms. The molecule has 1 aromatic carbocycles. The summed E-state index contributed by atoms with van der Waals surface area (Å²) in [6.45, 7) is 3.27. The molecule has 8 nitrogen and oxygen atoms in total. The highest BCUT2D eigenvalue weighted by atomic mass is 32.2. The smallest absolute Gasteiger partial charge is 0.253 e. The summed E-state index contributed by atoms with van der Waals surface area (Å²) in [5.74, 6) is -0.816. The van der Waals surface area contributed by atoms with Crippen molar-refractivity contribution in [3.63, 3.8) is 0 Å². The first-order valence-corrected chi connectivity index (χ1v) is 8.47. The third kappa shape index (κ3) is 6.35. The predicted octanol–water partition coefficient (Wildman–Crippen LogP) is -0.304. The van der Waals surface area contributed by atoms with Crippen molar-refractivity contribution in [2.24, 2.45) is 0 Å². The van der Waals surface area contributed by atoms with E-state index in [4.69, 9.17) is 0 Å². The molecule has 0 aliphatic heterocycles. The van der Waals surface area contributed by atoms with Crippen LogP contribution in [0.1, 0.15) is 24.2 Å². The van der Waals surface area contributed by atoms with Crippen LogP contribution < -0.4 is 15.5 Å². The average molecular weight is 342 g/mol. The van der Waals surface area contributed by atoms with Crippen molar-refractivity contribution < 1.29 is 18.0 Å². The van der Waals surface area contributed by atoms with E-state index >= 15 is 0 Å². The van der Waals surface area contributed by atoms with Crippen molar-refractivity contribution in [3.8, 4) is 0 Å². The molecule has 0 aromatic heterocycles. The van der Waals surface area contributed by atoms with Gasteiger partial charge in [-0.3, -0.25) is 15.0 Å². The van der Waals surface area contributed by atoms with Crippen LogP contribution in [0.4, 0.5) is 0 Å². The van der Waals surface area contributed by atoms with Crippen LogP contribution >= 0.6 is 0 Å². The Kier molecular flexibility index (Phi) is 6.67. The SMILES string of the molecule is CC(C)NS(=O)(=O)c1ccc(C(=O)NCC(=O)NN(C)C)cc1. The first-order chi connectivity index (χ1) is 10.6. The number of sulfonamides is 1. The summed E-state index contributed by atoms with van der Waals surface area (Å²) in [4.78, 5) is 23.4. The summed E-state index contributed by atoms with van der Waals surface area (Å²) in [6.07, 6.45) is 0. The maximum Gasteiger partial charge on any atom is 0.253 e. The van der Waals surface area contributed by atoms with Crippen LogP contribution in [0.15, 0.2) is 29.2 Å². The third-order valence-electron chi connectivity index (χ3n) is 2.58. The Morgan fingerprint density at radius 1 is 1.13 bits per heavy atom. The molecule has 0 atom stereocenters. The number of carbonyl (C=O) groups is 2. The maximum atomic E-state index is 12.0. The highest BCUT2D eigenvalue weighted by Gasteiger charge is 2.16. The number of amides is 2. The maximum absolute atomic E-state index is 12.0. The molecule has 1 rings (SSSR count). The quantitative estimate of drug-likeness (QED) is 0.590. The van der Waals surface area contributed by atoms with E-state index in [1.54, 1.807) is 27.9 Å². The highest BCUT2D eigenvalue weighted by Crippen LogP contribution is 2.11. The molecule has 0 unspecified atom stereocenters. The van der Waals surface area contributed by atoms with Gasteiger partial charge in [0.15, 0.2) is 0 Å². The van der Waals surface area contributed by atoms with Gasteiger partial charge in [-0.2, -0.15) is 0 Å². The van der Waals surface area contributed by atoms with E-state index in [1.807, 2.05) is 0 Å². The minimum absolute atomic E-state index is 0.0769. The van der Waals surface area contributed by atoms with Gasteiger partial charge in [0.2, 0.25) is 10.0 Å². The predicted molar refractivity (Wildman–Crippen MR) is 86.1 cm³/mol. The van der Waals surface area contributed by atoms with E-state index in [-0.39, 0.29) is 29.0 Å². The van der Waals surface area contributed by atoms with Gasteiger partial charge in [-0.25, -0.2) is 18.1 Å². The van der Waals surface area contributed by atoms with E-state index < -0.39 is 15.9 Å². The minimum Gasteiger partial charge on any atom is -0.343 e. The zero-order valence-corrected chi connectivity index (χ0v) is 14.4. The fourth-order valence-electron chi connectivity index (χ4n) is 1.72. The topological polar surface area (TPSA) is 108 Å². The summed E-state index contributed by atoms with van der Waals surface area (Å²) in [5, 5.41) is 3.92. The lowest BCUT2D eigenvalue weighted by Gasteiger charge is -2.12. The van der Waals surface area contributed by atoms with E-state index in [0.29, 0.717) is 0 Å². The number of hydrogen-bond donors (Lipinski definition) is 3.